The summed E-state index contributed by atoms with van der Waals surface area (Å²) in [5.41, 5.74) is 0.860. The molecule has 0 aliphatic rings. The van der Waals surface area contributed by atoms with Gasteiger partial charge in [-0.2, -0.15) is 0 Å². The summed E-state index contributed by atoms with van der Waals surface area (Å²) in [4.78, 5) is 3.69. The Hall–Kier alpha value is -0.530. The van der Waals surface area contributed by atoms with E-state index in [1.54, 1.807) is 19.1 Å². The molecule has 0 aliphatic carbocycles. The maximum absolute atomic E-state index is 12.1. The SMILES string of the molecule is Cc1ccc(Cl)c(NS(=O)(=O)c2cnc(Cl)s2)c1Cl. The van der Waals surface area contributed by atoms with Gasteiger partial charge in [0.05, 0.1) is 21.9 Å². The van der Waals surface area contributed by atoms with E-state index in [4.69, 9.17) is 34.8 Å². The van der Waals surface area contributed by atoms with E-state index in [1.807, 2.05) is 0 Å². The van der Waals surface area contributed by atoms with Crippen molar-refractivity contribution in [3.05, 3.63) is 38.4 Å². The molecular weight excluding hydrogens is 351 g/mol. The van der Waals surface area contributed by atoms with Crippen LogP contribution < -0.4 is 4.72 Å². The van der Waals surface area contributed by atoms with Crippen molar-refractivity contribution in [1.29, 1.82) is 0 Å². The first-order chi connectivity index (χ1) is 8.81. The fraction of sp³-hybridized carbons (Fsp3) is 0.100. The molecule has 2 aromatic rings. The zero-order valence-corrected chi connectivity index (χ0v) is 13.3. The normalized spacial score (nSPS) is 11.6. The molecule has 0 fully saturated rings. The Morgan fingerprint density at radius 1 is 1.26 bits per heavy atom. The second-order valence-electron chi connectivity index (χ2n) is 3.59. The van der Waals surface area contributed by atoms with Crippen molar-refractivity contribution in [2.75, 3.05) is 4.72 Å². The van der Waals surface area contributed by atoms with Gasteiger partial charge in [0.15, 0.2) is 8.68 Å². The number of aromatic nitrogens is 1. The summed E-state index contributed by atoms with van der Waals surface area (Å²) in [5.74, 6) is 0. The van der Waals surface area contributed by atoms with Crippen LogP contribution in [0.4, 0.5) is 5.69 Å². The van der Waals surface area contributed by atoms with Crippen LogP contribution in [0, 0.1) is 6.92 Å². The van der Waals surface area contributed by atoms with Crippen molar-refractivity contribution in [1.82, 2.24) is 4.98 Å². The van der Waals surface area contributed by atoms with E-state index in [1.165, 1.54) is 6.20 Å². The highest BCUT2D eigenvalue weighted by Crippen LogP contribution is 2.35. The third kappa shape index (κ3) is 3.14. The molecule has 0 radical (unpaired) electrons. The summed E-state index contributed by atoms with van der Waals surface area (Å²) in [6, 6.07) is 3.27. The molecule has 1 aromatic carbocycles. The molecular formula is C10H7Cl3N2O2S2. The number of hydrogen-bond acceptors (Lipinski definition) is 4. The number of anilines is 1. The molecule has 0 amide bonds. The van der Waals surface area contributed by atoms with Gasteiger partial charge in [-0.15, -0.1) is 0 Å². The molecule has 0 spiro atoms. The van der Waals surface area contributed by atoms with E-state index < -0.39 is 10.0 Å². The van der Waals surface area contributed by atoms with Gasteiger partial charge >= 0.3 is 0 Å². The lowest BCUT2D eigenvalue weighted by Gasteiger charge is -2.11. The van der Waals surface area contributed by atoms with Crippen LogP contribution in [0.1, 0.15) is 5.56 Å². The van der Waals surface area contributed by atoms with E-state index in [2.05, 4.69) is 9.71 Å². The minimum absolute atomic E-state index is 0.00820. The van der Waals surface area contributed by atoms with Gasteiger partial charge in [-0.3, -0.25) is 4.72 Å². The van der Waals surface area contributed by atoms with Crippen molar-refractivity contribution in [2.24, 2.45) is 0 Å². The van der Waals surface area contributed by atoms with E-state index >= 15 is 0 Å². The molecule has 0 saturated carbocycles. The lowest BCUT2D eigenvalue weighted by Crippen LogP contribution is -2.12. The fourth-order valence-corrected chi connectivity index (χ4v) is 4.26. The average Bonchev–Trinajstić information content (AvgIpc) is 2.77. The van der Waals surface area contributed by atoms with Crippen molar-refractivity contribution >= 4 is 61.9 Å². The average molecular weight is 358 g/mol. The molecule has 0 bridgehead atoms. The van der Waals surface area contributed by atoms with E-state index in [-0.39, 0.29) is 24.4 Å². The van der Waals surface area contributed by atoms with Crippen LogP contribution in [0.5, 0.6) is 0 Å². The first-order valence-corrected chi connectivity index (χ1v) is 8.33. The molecule has 9 heteroatoms. The zero-order valence-electron chi connectivity index (χ0n) is 9.45. The third-order valence-electron chi connectivity index (χ3n) is 2.24. The van der Waals surface area contributed by atoms with Crippen LogP contribution in [0.2, 0.25) is 14.5 Å². The van der Waals surface area contributed by atoms with Gasteiger partial charge < -0.3 is 0 Å². The lowest BCUT2D eigenvalue weighted by atomic mass is 10.2. The summed E-state index contributed by atoms with van der Waals surface area (Å²) in [6.45, 7) is 1.75. The maximum Gasteiger partial charge on any atom is 0.273 e. The number of nitrogens with one attached hydrogen (secondary N) is 1. The summed E-state index contributed by atoms with van der Waals surface area (Å²) in [6.07, 6.45) is 1.17. The number of rotatable bonds is 3. The van der Waals surface area contributed by atoms with Gasteiger partial charge in [0.25, 0.3) is 10.0 Å². The standard InChI is InChI=1S/C10H7Cl3N2O2S2/c1-5-2-3-6(11)9(8(5)12)15-19(16,17)7-4-14-10(13)18-7/h2-4,15H,1H3. The Labute approximate surface area is 129 Å². The molecule has 0 unspecified atom stereocenters. The van der Waals surface area contributed by atoms with Crippen LogP contribution in [0.25, 0.3) is 0 Å². The predicted octanol–water partition coefficient (Wildman–Crippen LogP) is 4.21. The van der Waals surface area contributed by atoms with Gasteiger partial charge in [-0.05, 0) is 18.6 Å². The molecule has 2 rings (SSSR count). The van der Waals surface area contributed by atoms with Gasteiger partial charge in [-0.1, -0.05) is 52.2 Å². The minimum Gasteiger partial charge on any atom is -0.276 e. The number of halogens is 3. The van der Waals surface area contributed by atoms with Gasteiger partial charge in [0.1, 0.15) is 0 Å². The predicted molar refractivity (Wildman–Crippen MR) is 79.1 cm³/mol. The van der Waals surface area contributed by atoms with Crippen molar-refractivity contribution in [2.45, 2.75) is 11.1 Å². The maximum atomic E-state index is 12.1. The van der Waals surface area contributed by atoms with Crippen molar-refractivity contribution in [3.8, 4) is 0 Å². The van der Waals surface area contributed by atoms with Crippen LogP contribution in [0.15, 0.2) is 22.5 Å². The Morgan fingerprint density at radius 3 is 2.53 bits per heavy atom. The van der Waals surface area contributed by atoms with Crippen molar-refractivity contribution < 1.29 is 8.42 Å². The van der Waals surface area contributed by atoms with Crippen LogP contribution in [-0.4, -0.2) is 13.4 Å². The Kier molecular flexibility index (Phi) is 4.27. The highest BCUT2D eigenvalue weighted by atomic mass is 35.5. The second-order valence-corrected chi connectivity index (χ2v) is 7.90. The van der Waals surface area contributed by atoms with Gasteiger partial charge in [-0.25, -0.2) is 13.4 Å². The molecule has 4 nitrogen and oxygen atoms in total. The molecule has 0 atom stereocenters. The number of hydrogen-bond donors (Lipinski definition) is 1. The third-order valence-corrected chi connectivity index (χ3v) is 5.97. The lowest BCUT2D eigenvalue weighted by molar-refractivity contribution is 0.603. The second kappa shape index (κ2) is 5.46. The molecule has 102 valence electrons. The zero-order chi connectivity index (χ0) is 14.2. The minimum atomic E-state index is -3.80. The van der Waals surface area contributed by atoms with Crippen LogP contribution in [0.3, 0.4) is 0 Å². The molecule has 1 aromatic heterocycles. The monoisotopic (exact) mass is 356 g/mol. The molecule has 1 heterocycles. The molecule has 0 saturated heterocycles. The number of sulfonamides is 1. The Balaban J connectivity index is 2.44. The van der Waals surface area contributed by atoms with Crippen LogP contribution in [-0.2, 0) is 10.0 Å². The smallest absolute Gasteiger partial charge is 0.273 e. The van der Waals surface area contributed by atoms with E-state index in [9.17, 15) is 8.42 Å². The van der Waals surface area contributed by atoms with E-state index in [0.717, 1.165) is 11.3 Å². The van der Waals surface area contributed by atoms with Crippen LogP contribution >= 0.6 is 46.1 Å². The number of benzene rings is 1. The first kappa shape index (κ1) is 14.9. The van der Waals surface area contributed by atoms with Gasteiger partial charge in [0.2, 0.25) is 0 Å². The van der Waals surface area contributed by atoms with E-state index in [0.29, 0.717) is 5.56 Å². The molecule has 0 aliphatic heterocycles. The number of aryl methyl sites for hydroxylation is 1. The fourth-order valence-electron chi connectivity index (χ4n) is 1.30. The highest BCUT2D eigenvalue weighted by Gasteiger charge is 2.21. The summed E-state index contributed by atoms with van der Waals surface area (Å²) >= 11 is 18.5. The summed E-state index contributed by atoms with van der Waals surface area (Å²) < 4.78 is 26.7. The highest BCUT2D eigenvalue weighted by molar-refractivity contribution is 7.94. The Morgan fingerprint density at radius 2 is 1.95 bits per heavy atom. The summed E-state index contributed by atoms with van der Waals surface area (Å²) in [5, 5.41) is 0.474. The number of nitrogens with zero attached hydrogens (tertiary/aromatic N) is 1. The topological polar surface area (TPSA) is 59.1 Å². The van der Waals surface area contributed by atoms with Gasteiger partial charge in [0, 0.05) is 0 Å². The molecule has 1 N–H and O–H groups in total. The largest absolute Gasteiger partial charge is 0.276 e. The first-order valence-electron chi connectivity index (χ1n) is 4.90. The van der Waals surface area contributed by atoms with Crippen molar-refractivity contribution in [3.63, 3.8) is 0 Å². The molecule has 19 heavy (non-hydrogen) atoms. The Bertz CT molecular complexity index is 728. The number of thiazole rings is 1. The summed E-state index contributed by atoms with van der Waals surface area (Å²) in [7, 11) is -3.80. The quantitative estimate of drug-likeness (QED) is 0.895.